The smallest absolute Gasteiger partial charge is 0.387 e. The van der Waals surface area contributed by atoms with E-state index in [9.17, 15) is 13.6 Å². The SMILES string of the molecule is CCOc1cccc(CNC(=O)C(C)(N)c2ccccc2)c1OC(F)F.Cl. The maximum absolute atomic E-state index is 12.7. The van der Waals surface area contributed by atoms with Crippen molar-refractivity contribution < 1.29 is 23.0 Å². The van der Waals surface area contributed by atoms with E-state index in [1.807, 2.05) is 6.07 Å². The van der Waals surface area contributed by atoms with Crippen molar-refractivity contribution in [2.24, 2.45) is 5.73 Å². The molecule has 0 aliphatic carbocycles. The molecule has 0 radical (unpaired) electrons. The van der Waals surface area contributed by atoms with Gasteiger partial charge in [-0.15, -0.1) is 12.4 Å². The molecule has 0 aliphatic rings. The predicted molar refractivity (Wildman–Crippen MR) is 101 cm³/mol. The van der Waals surface area contributed by atoms with Crippen molar-refractivity contribution >= 4 is 18.3 Å². The summed E-state index contributed by atoms with van der Waals surface area (Å²) in [5, 5.41) is 2.68. The number of halogens is 3. The summed E-state index contributed by atoms with van der Waals surface area (Å²) >= 11 is 0. The molecule has 0 saturated heterocycles. The summed E-state index contributed by atoms with van der Waals surface area (Å²) in [5.74, 6) is -0.338. The molecule has 0 saturated carbocycles. The molecule has 0 fully saturated rings. The van der Waals surface area contributed by atoms with Crippen LogP contribution in [0.1, 0.15) is 25.0 Å². The zero-order valence-electron chi connectivity index (χ0n) is 15.1. The first-order valence-corrected chi connectivity index (χ1v) is 8.18. The van der Waals surface area contributed by atoms with Gasteiger partial charge in [0.2, 0.25) is 5.91 Å². The number of carbonyl (C=O) groups excluding carboxylic acids is 1. The summed E-state index contributed by atoms with van der Waals surface area (Å²) in [5.41, 5.74) is 5.90. The van der Waals surface area contributed by atoms with E-state index in [1.54, 1.807) is 50.2 Å². The van der Waals surface area contributed by atoms with Gasteiger partial charge < -0.3 is 20.5 Å². The lowest BCUT2D eigenvalue weighted by Gasteiger charge is -2.24. The molecule has 0 heterocycles. The summed E-state index contributed by atoms with van der Waals surface area (Å²) in [6.07, 6.45) is 0. The second kappa shape index (κ2) is 10.1. The van der Waals surface area contributed by atoms with Crippen LogP contribution in [-0.4, -0.2) is 19.1 Å². The summed E-state index contributed by atoms with van der Waals surface area (Å²) in [7, 11) is 0. The first kappa shape index (κ1) is 22.7. The maximum Gasteiger partial charge on any atom is 0.387 e. The van der Waals surface area contributed by atoms with Crippen molar-refractivity contribution in [1.82, 2.24) is 5.32 Å². The fourth-order valence-electron chi connectivity index (χ4n) is 2.47. The zero-order chi connectivity index (χ0) is 19.2. The van der Waals surface area contributed by atoms with Gasteiger partial charge in [0.25, 0.3) is 0 Å². The largest absolute Gasteiger partial charge is 0.490 e. The molecule has 1 unspecified atom stereocenters. The van der Waals surface area contributed by atoms with Gasteiger partial charge in [-0.3, -0.25) is 4.79 Å². The van der Waals surface area contributed by atoms with E-state index in [1.165, 1.54) is 6.07 Å². The van der Waals surface area contributed by atoms with E-state index < -0.39 is 18.1 Å². The van der Waals surface area contributed by atoms with Crippen molar-refractivity contribution in [2.45, 2.75) is 32.5 Å². The summed E-state index contributed by atoms with van der Waals surface area (Å²) in [6, 6.07) is 13.7. The topological polar surface area (TPSA) is 73.6 Å². The number of alkyl halides is 2. The molecular weight excluding hydrogens is 378 g/mol. The van der Waals surface area contributed by atoms with E-state index >= 15 is 0 Å². The Morgan fingerprint density at radius 1 is 1.19 bits per heavy atom. The average Bonchev–Trinajstić information content (AvgIpc) is 2.62. The highest BCUT2D eigenvalue weighted by Gasteiger charge is 2.30. The number of para-hydroxylation sites is 1. The van der Waals surface area contributed by atoms with Crippen LogP contribution in [0.3, 0.4) is 0 Å². The molecule has 2 aromatic carbocycles. The van der Waals surface area contributed by atoms with Gasteiger partial charge in [-0.25, -0.2) is 0 Å². The van der Waals surface area contributed by atoms with Crippen LogP contribution in [0.15, 0.2) is 48.5 Å². The number of nitrogens with two attached hydrogens (primary N) is 1. The Balaban J connectivity index is 0.00000364. The number of rotatable bonds is 8. The molecule has 1 amide bonds. The van der Waals surface area contributed by atoms with Crippen LogP contribution in [0.2, 0.25) is 0 Å². The number of carbonyl (C=O) groups is 1. The number of nitrogens with one attached hydrogen (secondary N) is 1. The normalized spacial score (nSPS) is 12.7. The minimum atomic E-state index is -3.00. The maximum atomic E-state index is 12.7. The fraction of sp³-hybridized carbons (Fsp3) is 0.316. The summed E-state index contributed by atoms with van der Waals surface area (Å²) in [4.78, 5) is 12.5. The molecule has 1 atom stereocenters. The van der Waals surface area contributed by atoms with Crippen LogP contribution in [0, 0.1) is 0 Å². The standard InChI is InChI=1S/C19H22F2N2O3.ClH/c1-3-25-15-11-7-8-13(16(15)26-18(20)21)12-23-17(24)19(2,22)14-9-5-4-6-10-14;/h4-11,18H,3,12,22H2,1-2H3,(H,23,24);1H. The van der Waals surface area contributed by atoms with E-state index in [0.717, 1.165) is 0 Å². The first-order valence-electron chi connectivity index (χ1n) is 8.18. The van der Waals surface area contributed by atoms with Gasteiger partial charge in [-0.1, -0.05) is 42.5 Å². The number of benzene rings is 2. The van der Waals surface area contributed by atoms with Crippen molar-refractivity contribution in [2.75, 3.05) is 6.61 Å². The monoisotopic (exact) mass is 400 g/mol. The molecule has 3 N–H and O–H groups in total. The molecule has 2 rings (SSSR count). The van der Waals surface area contributed by atoms with E-state index in [0.29, 0.717) is 17.7 Å². The van der Waals surface area contributed by atoms with Gasteiger partial charge in [-0.05, 0) is 25.5 Å². The lowest BCUT2D eigenvalue weighted by Crippen LogP contribution is -2.48. The van der Waals surface area contributed by atoms with E-state index in [4.69, 9.17) is 10.5 Å². The third-order valence-corrected chi connectivity index (χ3v) is 3.85. The Bertz CT molecular complexity index is 743. The van der Waals surface area contributed by atoms with Crippen molar-refractivity contribution in [3.63, 3.8) is 0 Å². The second-order valence-electron chi connectivity index (χ2n) is 5.81. The Morgan fingerprint density at radius 3 is 2.44 bits per heavy atom. The molecule has 2 aromatic rings. The molecule has 8 heteroatoms. The quantitative estimate of drug-likeness (QED) is 0.710. The Kier molecular flexibility index (Phi) is 8.46. The lowest BCUT2D eigenvalue weighted by molar-refractivity contribution is -0.126. The highest BCUT2D eigenvalue weighted by atomic mass is 35.5. The second-order valence-corrected chi connectivity index (χ2v) is 5.81. The van der Waals surface area contributed by atoms with Gasteiger partial charge in [0, 0.05) is 12.1 Å². The van der Waals surface area contributed by atoms with E-state index in [2.05, 4.69) is 10.1 Å². The Labute approximate surface area is 163 Å². The van der Waals surface area contributed by atoms with Crippen LogP contribution in [0.25, 0.3) is 0 Å². The Hall–Kier alpha value is -2.38. The highest BCUT2D eigenvalue weighted by molar-refractivity contribution is 5.87. The first-order chi connectivity index (χ1) is 12.4. The predicted octanol–water partition coefficient (Wildman–Crippen LogP) is 3.60. The minimum absolute atomic E-state index is 0. The molecule has 0 aromatic heterocycles. The molecule has 0 bridgehead atoms. The highest BCUT2D eigenvalue weighted by Crippen LogP contribution is 2.33. The zero-order valence-corrected chi connectivity index (χ0v) is 15.9. The molecule has 5 nitrogen and oxygen atoms in total. The average molecular weight is 401 g/mol. The lowest BCUT2D eigenvalue weighted by atomic mass is 9.92. The summed E-state index contributed by atoms with van der Waals surface area (Å²) in [6.45, 7) is 0.590. The molecule has 0 spiro atoms. The third-order valence-electron chi connectivity index (χ3n) is 3.85. The van der Waals surface area contributed by atoms with Crippen LogP contribution < -0.4 is 20.5 Å². The number of amides is 1. The molecular formula is C19H23ClF2N2O3. The van der Waals surface area contributed by atoms with Crippen molar-refractivity contribution in [1.29, 1.82) is 0 Å². The van der Waals surface area contributed by atoms with Gasteiger partial charge in [0.15, 0.2) is 11.5 Å². The van der Waals surface area contributed by atoms with Crippen LogP contribution >= 0.6 is 12.4 Å². The van der Waals surface area contributed by atoms with Gasteiger partial charge in [0.05, 0.1) is 6.61 Å². The van der Waals surface area contributed by atoms with Crippen LogP contribution in [-0.2, 0) is 16.9 Å². The molecule has 0 aliphatic heterocycles. The van der Waals surface area contributed by atoms with Crippen molar-refractivity contribution in [3.8, 4) is 11.5 Å². The Morgan fingerprint density at radius 2 is 1.85 bits per heavy atom. The third kappa shape index (κ3) is 5.80. The molecule has 148 valence electrons. The van der Waals surface area contributed by atoms with Crippen LogP contribution in [0.5, 0.6) is 11.5 Å². The van der Waals surface area contributed by atoms with E-state index in [-0.39, 0.29) is 30.5 Å². The number of hydrogen-bond acceptors (Lipinski definition) is 4. The fourth-order valence-corrected chi connectivity index (χ4v) is 2.47. The number of hydrogen-bond donors (Lipinski definition) is 2. The van der Waals surface area contributed by atoms with Crippen LogP contribution in [0.4, 0.5) is 8.78 Å². The van der Waals surface area contributed by atoms with Crippen molar-refractivity contribution in [3.05, 3.63) is 59.7 Å². The van der Waals surface area contributed by atoms with Gasteiger partial charge in [-0.2, -0.15) is 8.78 Å². The summed E-state index contributed by atoms with van der Waals surface area (Å²) < 4.78 is 35.4. The minimum Gasteiger partial charge on any atom is -0.490 e. The molecule has 27 heavy (non-hydrogen) atoms. The number of ether oxygens (including phenoxy) is 2. The van der Waals surface area contributed by atoms with Gasteiger partial charge >= 0.3 is 6.61 Å². The van der Waals surface area contributed by atoms with Gasteiger partial charge in [0.1, 0.15) is 5.54 Å².